The van der Waals surface area contributed by atoms with Crippen LogP contribution in [0.1, 0.15) is 30.6 Å². The summed E-state index contributed by atoms with van der Waals surface area (Å²) in [4.78, 5) is 28.7. The number of nitrogens with two attached hydrogens (primary N) is 1. The van der Waals surface area contributed by atoms with Gasteiger partial charge in [-0.3, -0.25) is 14.5 Å². The fraction of sp³-hybridized carbons (Fsp3) is 0.600. The van der Waals surface area contributed by atoms with Gasteiger partial charge in [-0.2, -0.15) is 0 Å². The molecule has 0 aromatic heterocycles. The Balaban J connectivity index is 0.00000392. The molecule has 8 heteroatoms. The molecule has 1 aliphatic heterocycles. The van der Waals surface area contributed by atoms with E-state index in [1.165, 1.54) is 0 Å². The van der Waals surface area contributed by atoms with Gasteiger partial charge in [-0.25, -0.2) is 0 Å². The fourth-order valence-corrected chi connectivity index (χ4v) is 3.07. The highest BCUT2D eigenvalue weighted by Crippen LogP contribution is 2.12. The van der Waals surface area contributed by atoms with E-state index in [4.69, 9.17) is 10.5 Å². The number of hydrogen-bond donors (Lipinski definition) is 2. The molecule has 1 fully saturated rings. The Labute approximate surface area is 174 Å². The van der Waals surface area contributed by atoms with Gasteiger partial charge in [-0.05, 0) is 30.2 Å². The van der Waals surface area contributed by atoms with Crippen molar-refractivity contribution < 1.29 is 14.3 Å². The third-order valence-corrected chi connectivity index (χ3v) is 5.29. The van der Waals surface area contributed by atoms with E-state index in [-0.39, 0.29) is 30.1 Å². The lowest BCUT2D eigenvalue weighted by Crippen LogP contribution is -2.55. The summed E-state index contributed by atoms with van der Waals surface area (Å²) >= 11 is 0. The van der Waals surface area contributed by atoms with Crippen LogP contribution in [0.2, 0.25) is 0 Å². The number of hydrogen-bond acceptors (Lipinski definition) is 5. The minimum absolute atomic E-state index is 0. The van der Waals surface area contributed by atoms with E-state index in [2.05, 4.69) is 17.1 Å². The number of benzene rings is 1. The molecule has 1 saturated heterocycles. The van der Waals surface area contributed by atoms with E-state index in [0.717, 1.165) is 31.8 Å². The molecule has 2 unspecified atom stereocenters. The molecule has 1 aromatic rings. The first-order chi connectivity index (χ1) is 13.0. The normalized spacial score (nSPS) is 16.6. The summed E-state index contributed by atoms with van der Waals surface area (Å²) in [5.74, 6) is 0.888. The Kier molecular flexibility index (Phi) is 10.3. The van der Waals surface area contributed by atoms with Gasteiger partial charge in [0.05, 0.1) is 13.2 Å². The molecule has 2 amide bonds. The zero-order valence-electron chi connectivity index (χ0n) is 17.0. The standard InChI is InChI=1S/C20H32N4O3.ClH/c1-4-15(2)18(21)20(26)24-13-11-23(12-14-24)10-9-22-19(25)16-5-7-17(27-3)8-6-16;/h5-8,15,18H,4,9-14,21H2,1-3H3,(H,22,25);1H. The Morgan fingerprint density at radius 3 is 2.32 bits per heavy atom. The molecule has 0 radical (unpaired) electrons. The van der Waals surface area contributed by atoms with Crippen LogP contribution in [-0.2, 0) is 4.79 Å². The van der Waals surface area contributed by atoms with Gasteiger partial charge in [0, 0.05) is 44.8 Å². The average Bonchev–Trinajstić information content (AvgIpc) is 2.72. The van der Waals surface area contributed by atoms with Crippen LogP contribution in [0.25, 0.3) is 0 Å². The number of ether oxygens (including phenoxy) is 1. The number of nitrogens with zero attached hydrogens (tertiary/aromatic N) is 2. The molecule has 2 atom stereocenters. The summed E-state index contributed by atoms with van der Waals surface area (Å²) < 4.78 is 5.09. The van der Waals surface area contributed by atoms with Crippen LogP contribution in [0, 0.1) is 5.92 Å². The Bertz CT molecular complexity index is 618. The zero-order chi connectivity index (χ0) is 19.8. The number of amides is 2. The van der Waals surface area contributed by atoms with E-state index in [0.29, 0.717) is 25.2 Å². The third kappa shape index (κ3) is 6.65. The number of methoxy groups -OCH3 is 1. The monoisotopic (exact) mass is 412 g/mol. The highest BCUT2D eigenvalue weighted by atomic mass is 35.5. The quantitative estimate of drug-likeness (QED) is 0.673. The van der Waals surface area contributed by atoms with Crippen molar-refractivity contribution in [3.63, 3.8) is 0 Å². The average molecular weight is 413 g/mol. The molecule has 2 rings (SSSR count). The predicted octanol–water partition coefficient (Wildman–Crippen LogP) is 1.36. The Morgan fingerprint density at radius 2 is 1.79 bits per heavy atom. The van der Waals surface area contributed by atoms with Gasteiger partial charge in [0.1, 0.15) is 5.75 Å². The molecule has 0 bridgehead atoms. The second kappa shape index (κ2) is 11.9. The molecular formula is C20H33ClN4O3. The SMILES string of the molecule is CCC(C)C(N)C(=O)N1CCN(CCNC(=O)c2ccc(OC)cc2)CC1.Cl. The highest BCUT2D eigenvalue weighted by Gasteiger charge is 2.27. The summed E-state index contributed by atoms with van der Waals surface area (Å²) in [5.41, 5.74) is 6.68. The van der Waals surface area contributed by atoms with E-state index < -0.39 is 6.04 Å². The maximum Gasteiger partial charge on any atom is 0.251 e. The number of rotatable bonds is 8. The lowest BCUT2D eigenvalue weighted by atomic mass is 9.98. The molecule has 7 nitrogen and oxygen atoms in total. The topological polar surface area (TPSA) is 87.9 Å². The molecule has 0 spiro atoms. The summed E-state index contributed by atoms with van der Waals surface area (Å²) in [6, 6.07) is 6.63. The van der Waals surface area contributed by atoms with Crippen LogP contribution >= 0.6 is 12.4 Å². The van der Waals surface area contributed by atoms with E-state index in [1.807, 2.05) is 11.8 Å². The summed E-state index contributed by atoms with van der Waals surface area (Å²) in [6.07, 6.45) is 0.904. The minimum Gasteiger partial charge on any atom is -0.497 e. The minimum atomic E-state index is -0.412. The van der Waals surface area contributed by atoms with Crippen molar-refractivity contribution in [2.24, 2.45) is 11.7 Å². The molecule has 0 aliphatic carbocycles. The smallest absolute Gasteiger partial charge is 0.251 e. The largest absolute Gasteiger partial charge is 0.497 e. The summed E-state index contributed by atoms with van der Waals surface area (Å²) in [7, 11) is 1.60. The number of carbonyl (C=O) groups excluding carboxylic acids is 2. The van der Waals surface area contributed by atoms with E-state index in [1.54, 1.807) is 31.4 Å². The maximum atomic E-state index is 12.4. The van der Waals surface area contributed by atoms with Gasteiger partial charge in [-0.15, -0.1) is 12.4 Å². The number of piperazine rings is 1. The van der Waals surface area contributed by atoms with Gasteiger partial charge in [0.25, 0.3) is 5.91 Å². The van der Waals surface area contributed by atoms with Crippen LogP contribution in [0.15, 0.2) is 24.3 Å². The first kappa shape index (κ1) is 24.2. The second-order valence-electron chi connectivity index (χ2n) is 7.06. The molecule has 0 saturated carbocycles. The molecular weight excluding hydrogens is 380 g/mol. The van der Waals surface area contributed by atoms with Crippen molar-refractivity contribution in [3.05, 3.63) is 29.8 Å². The van der Waals surface area contributed by atoms with Crippen molar-refractivity contribution in [2.45, 2.75) is 26.3 Å². The van der Waals surface area contributed by atoms with Gasteiger partial charge in [0.2, 0.25) is 5.91 Å². The fourth-order valence-electron chi connectivity index (χ4n) is 3.07. The Hall–Kier alpha value is -1.83. The van der Waals surface area contributed by atoms with Crippen LogP contribution in [0.3, 0.4) is 0 Å². The van der Waals surface area contributed by atoms with Crippen molar-refractivity contribution in [1.29, 1.82) is 0 Å². The second-order valence-corrected chi connectivity index (χ2v) is 7.06. The van der Waals surface area contributed by atoms with E-state index in [9.17, 15) is 9.59 Å². The van der Waals surface area contributed by atoms with Gasteiger partial charge in [-0.1, -0.05) is 20.3 Å². The number of carbonyl (C=O) groups is 2. The zero-order valence-corrected chi connectivity index (χ0v) is 17.8. The molecule has 158 valence electrons. The summed E-state index contributed by atoms with van der Waals surface area (Å²) in [6.45, 7) is 8.40. The summed E-state index contributed by atoms with van der Waals surface area (Å²) in [5, 5.41) is 2.94. The highest BCUT2D eigenvalue weighted by molar-refractivity contribution is 5.94. The molecule has 28 heavy (non-hydrogen) atoms. The molecule has 1 aromatic carbocycles. The van der Waals surface area contributed by atoms with Crippen LogP contribution < -0.4 is 15.8 Å². The van der Waals surface area contributed by atoms with Crippen molar-refractivity contribution in [2.75, 3.05) is 46.4 Å². The van der Waals surface area contributed by atoms with E-state index >= 15 is 0 Å². The molecule has 3 N–H and O–H groups in total. The van der Waals surface area contributed by atoms with Crippen molar-refractivity contribution in [1.82, 2.24) is 15.1 Å². The maximum absolute atomic E-state index is 12.4. The first-order valence-electron chi connectivity index (χ1n) is 9.65. The van der Waals surface area contributed by atoms with Crippen molar-refractivity contribution >= 4 is 24.2 Å². The Morgan fingerprint density at radius 1 is 1.18 bits per heavy atom. The molecule has 1 heterocycles. The van der Waals surface area contributed by atoms with Crippen LogP contribution in [0.4, 0.5) is 0 Å². The number of nitrogens with one attached hydrogen (secondary N) is 1. The number of halogens is 1. The third-order valence-electron chi connectivity index (χ3n) is 5.29. The van der Waals surface area contributed by atoms with Crippen LogP contribution in [0.5, 0.6) is 5.75 Å². The van der Waals surface area contributed by atoms with Crippen molar-refractivity contribution in [3.8, 4) is 5.75 Å². The lowest BCUT2D eigenvalue weighted by Gasteiger charge is -2.36. The van der Waals surface area contributed by atoms with Gasteiger partial charge >= 0.3 is 0 Å². The lowest BCUT2D eigenvalue weighted by molar-refractivity contribution is -0.135. The van der Waals surface area contributed by atoms with Gasteiger partial charge in [0.15, 0.2) is 0 Å². The van der Waals surface area contributed by atoms with Crippen LogP contribution in [-0.4, -0.2) is 74.0 Å². The first-order valence-corrected chi connectivity index (χ1v) is 9.65. The van der Waals surface area contributed by atoms with Gasteiger partial charge < -0.3 is 20.7 Å². The predicted molar refractivity (Wildman–Crippen MR) is 113 cm³/mol. The molecule has 1 aliphatic rings.